The molecule has 0 N–H and O–H groups in total. The highest BCUT2D eigenvalue weighted by Gasteiger charge is 2.04. The second kappa shape index (κ2) is 3.72. The van der Waals surface area contributed by atoms with Crippen LogP contribution in [0.3, 0.4) is 0 Å². The Morgan fingerprint density at radius 1 is 1.00 bits per heavy atom. The Morgan fingerprint density at radius 2 is 1.88 bits per heavy atom. The largest absolute Gasteiger partial charge is 0.283 e. The molecule has 3 rings (SSSR count). The van der Waals surface area contributed by atoms with Gasteiger partial charge in [0.2, 0.25) is 0 Å². The Hall–Kier alpha value is -1.68. The normalized spacial score (nSPS) is 10.8. The van der Waals surface area contributed by atoms with Crippen LogP contribution >= 0.6 is 15.9 Å². The van der Waals surface area contributed by atoms with Gasteiger partial charge in [0.1, 0.15) is 16.7 Å². The van der Waals surface area contributed by atoms with Crippen LogP contribution in [0.2, 0.25) is 0 Å². The number of halogens is 1. The van der Waals surface area contributed by atoms with Crippen LogP contribution < -0.4 is 0 Å². The van der Waals surface area contributed by atoms with E-state index in [-0.39, 0.29) is 0 Å². The van der Waals surface area contributed by atoms with E-state index in [1.807, 2.05) is 47.0 Å². The predicted octanol–water partition coefficient (Wildman–Crippen LogP) is 3.18. The van der Waals surface area contributed by atoms with Gasteiger partial charge in [-0.15, -0.1) is 0 Å². The minimum absolute atomic E-state index is 0.822. The van der Waals surface area contributed by atoms with Gasteiger partial charge in [0.15, 0.2) is 0 Å². The van der Waals surface area contributed by atoms with Gasteiger partial charge in [0.05, 0.1) is 11.0 Å². The number of imidazole rings is 1. The van der Waals surface area contributed by atoms with Gasteiger partial charge < -0.3 is 0 Å². The highest BCUT2D eigenvalue weighted by atomic mass is 79.9. The molecule has 3 aromatic rings. The van der Waals surface area contributed by atoms with Gasteiger partial charge in [-0.3, -0.25) is 4.57 Å². The maximum atomic E-state index is 4.41. The Labute approximate surface area is 101 Å². The minimum Gasteiger partial charge on any atom is -0.283 e. The monoisotopic (exact) mass is 273 g/mol. The third kappa shape index (κ3) is 1.51. The first-order valence-corrected chi connectivity index (χ1v) is 5.69. The Kier molecular flexibility index (Phi) is 2.22. The van der Waals surface area contributed by atoms with Crippen LogP contribution in [-0.2, 0) is 0 Å². The zero-order valence-electron chi connectivity index (χ0n) is 8.34. The van der Waals surface area contributed by atoms with Crippen molar-refractivity contribution in [2.45, 2.75) is 0 Å². The van der Waals surface area contributed by atoms with Crippen molar-refractivity contribution in [1.29, 1.82) is 0 Å². The maximum Gasteiger partial charge on any atom is 0.139 e. The number of rotatable bonds is 1. The molecule has 4 heteroatoms. The lowest BCUT2D eigenvalue weighted by molar-refractivity contribution is 1.01. The molecule has 2 heterocycles. The van der Waals surface area contributed by atoms with E-state index in [0.29, 0.717) is 0 Å². The first-order chi connectivity index (χ1) is 7.84. The van der Waals surface area contributed by atoms with E-state index in [2.05, 4.69) is 25.9 Å². The molecular formula is C12H8BrN3. The molecule has 0 aliphatic rings. The van der Waals surface area contributed by atoms with E-state index in [1.165, 1.54) is 0 Å². The summed E-state index contributed by atoms with van der Waals surface area (Å²) in [4.78, 5) is 8.74. The number of hydrogen-bond donors (Lipinski definition) is 0. The maximum absolute atomic E-state index is 4.41. The molecule has 2 aromatic heterocycles. The molecule has 0 radical (unpaired) electrons. The third-order valence-corrected chi connectivity index (χ3v) is 2.84. The summed E-state index contributed by atoms with van der Waals surface area (Å²) in [5.41, 5.74) is 2.04. The fourth-order valence-electron chi connectivity index (χ4n) is 1.67. The second-order valence-corrected chi connectivity index (χ2v) is 4.23. The lowest BCUT2D eigenvalue weighted by atomic mass is 10.3. The number of nitrogens with zero attached hydrogens (tertiary/aromatic N) is 3. The molecule has 0 saturated carbocycles. The summed E-state index contributed by atoms with van der Waals surface area (Å²) >= 11 is 3.37. The molecule has 16 heavy (non-hydrogen) atoms. The highest BCUT2D eigenvalue weighted by molar-refractivity contribution is 9.10. The van der Waals surface area contributed by atoms with Crippen molar-refractivity contribution < 1.29 is 0 Å². The van der Waals surface area contributed by atoms with Gasteiger partial charge in [0.25, 0.3) is 0 Å². The fraction of sp³-hybridized carbons (Fsp3) is 0. The molecule has 0 aliphatic carbocycles. The summed E-state index contributed by atoms with van der Waals surface area (Å²) in [5.74, 6) is 0.864. The summed E-state index contributed by atoms with van der Waals surface area (Å²) in [6, 6.07) is 13.8. The SMILES string of the molecule is Brc1cccc(-n2cnc3ccccc32)n1. The quantitative estimate of drug-likeness (QED) is 0.638. The lowest BCUT2D eigenvalue weighted by Gasteiger charge is -2.02. The van der Waals surface area contributed by atoms with Crippen LogP contribution in [0.25, 0.3) is 16.9 Å². The van der Waals surface area contributed by atoms with Gasteiger partial charge in [-0.25, -0.2) is 9.97 Å². The number of aromatic nitrogens is 3. The zero-order chi connectivity index (χ0) is 11.0. The van der Waals surface area contributed by atoms with E-state index in [9.17, 15) is 0 Å². The summed E-state index contributed by atoms with van der Waals surface area (Å²) in [5, 5.41) is 0. The first-order valence-electron chi connectivity index (χ1n) is 4.89. The van der Waals surface area contributed by atoms with Crippen molar-refractivity contribution in [2.75, 3.05) is 0 Å². The van der Waals surface area contributed by atoms with Crippen LogP contribution in [0, 0.1) is 0 Å². The topological polar surface area (TPSA) is 30.7 Å². The molecule has 0 saturated heterocycles. The Balaban J connectivity index is 2.26. The lowest BCUT2D eigenvalue weighted by Crippen LogP contribution is -1.95. The summed E-state index contributed by atoms with van der Waals surface area (Å²) in [7, 11) is 0. The van der Waals surface area contributed by atoms with Gasteiger partial charge in [-0.1, -0.05) is 18.2 Å². The molecule has 0 spiro atoms. The summed E-state index contributed by atoms with van der Waals surface area (Å²) in [6.45, 7) is 0. The second-order valence-electron chi connectivity index (χ2n) is 3.42. The Morgan fingerprint density at radius 3 is 2.75 bits per heavy atom. The van der Waals surface area contributed by atoms with Crippen LogP contribution in [0.1, 0.15) is 0 Å². The summed E-state index contributed by atoms with van der Waals surface area (Å²) < 4.78 is 2.79. The average molecular weight is 274 g/mol. The van der Waals surface area contributed by atoms with Crippen LogP contribution in [0.15, 0.2) is 53.4 Å². The number of fused-ring (bicyclic) bond motifs is 1. The van der Waals surface area contributed by atoms with E-state index in [0.717, 1.165) is 21.5 Å². The predicted molar refractivity (Wildman–Crippen MR) is 66.6 cm³/mol. The van der Waals surface area contributed by atoms with E-state index in [4.69, 9.17) is 0 Å². The molecule has 0 amide bonds. The highest BCUT2D eigenvalue weighted by Crippen LogP contribution is 2.17. The molecule has 0 unspecified atom stereocenters. The third-order valence-electron chi connectivity index (χ3n) is 2.40. The van der Waals surface area contributed by atoms with Gasteiger partial charge >= 0.3 is 0 Å². The standard InChI is InChI=1S/C12H8BrN3/c13-11-6-3-7-12(15-11)16-8-14-9-4-1-2-5-10(9)16/h1-8H. The van der Waals surface area contributed by atoms with Crippen molar-refractivity contribution in [1.82, 2.24) is 14.5 Å². The molecule has 0 aliphatic heterocycles. The zero-order valence-corrected chi connectivity index (χ0v) is 9.92. The van der Waals surface area contributed by atoms with Crippen LogP contribution in [0.4, 0.5) is 0 Å². The fourth-order valence-corrected chi connectivity index (χ4v) is 2.01. The minimum atomic E-state index is 0.822. The molecular weight excluding hydrogens is 266 g/mol. The van der Waals surface area contributed by atoms with Crippen LogP contribution in [0.5, 0.6) is 0 Å². The van der Waals surface area contributed by atoms with Crippen molar-refractivity contribution in [2.24, 2.45) is 0 Å². The van der Waals surface area contributed by atoms with Crippen molar-refractivity contribution in [3.63, 3.8) is 0 Å². The molecule has 78 valence electrons. The molecule has 1 aromatic carbocycles. The van der Waals surface area contributed by atoms with E-state index < -0.39 is 0 Å². The van der Waals surface area contributed by atoms with Gasteiger partial charge in [0, 0.05) is 0 Å². The van der Waals surface area contributed by atoms with Crippen LogP contribution in [-0.4, -0.2) is 14.5 Å². The number of pyridine rings is 1. The average Bonchev–Trinajstić information content (AvgIpc) is 2.72. The van der Waals surface area contributed by atoms with Gasteiger partial charge in [-0.05, 0) is 40.2 Å². The smallest absolute Gasteiger partial charge is 0.139 e. The van der Waals surface area contributed by atoms with Crippen molar-refractivity contribution >= 4 is 27.0 Å². The van der Waals surface area contributed by atoms with Crippen molar-refractivity contribution in [3.05, 3.63) is 53.4 Å². The molecule has 0 atom stereocenters. The molecule has 0 bridgehead atoms. The first kappa shape index (κ1) is 9.54. The molecule has 3 nitrogen and oxygen atoms in total. The van der Waals surface area contributed by atoms with Gasteiger partial charge in [-0.2, -0.15) is 0 Å². The molecule has 0 fully saturated rings. The summed E-state index contributed by atoms with van der Waals surface area (Å²) in [6.07, 6.45) is 1.79. The number of hydrogen-bond acceptors (Lipinski definition) is 2. The number of para-hydroxylation sites is 2. The Bertz CT molecular complexity index is 645. The number of benzene rings is 1. The van der Waals surface area contributed by atoms with Crippen molar-refractivity contribution in [3.8, 4) is 5.82 Å². The van der Waals surface area contributed by atoms with E-state index >= 15 is 0 Å². The van der Waals surface area contributed by atoms with E-state index in [1.54, 1.807) is 6.33 Å².